The summed E-state index contributed by atoms with van der Waals surface area (Å²) in [6.45, 7) is 5.29. The van der Waals surface area contributed by atoms with Crippen molar-refractivity contribution in [3.63, 3.8) is 0 Å². The second-order valence-electron chi connectivity index (χ2n) is 3.82. The van der Waals surface area contributed by atoms with Gasteiger partial charge >= 0.3 is 0 Å². The maximum atomic E-state index is 11.1. The van der Waals surface area contributed by atoms with Gasteiger partial charge in [0.1, 0.15) is 5.84 Å². The second-order valence-corrected chi connectivity index (χ2v) is 4.09. The Balaban J connectivity index is 3.23. The molecule has 17 heavy (non-hydrogen) atoms. The molecule has 92 valence electrons. The molecule has 0 aliphatic rings. The predicted octanol–water partition coefficient (Wildman–Crippen LogP) is 2.49. The molecule has 5 heteroatoms. The largest absolute Gasteiger partial charge is 0.386 e. The van der Waals surface area contributed by atoms with E-state index >= 15 is 0 Å². The summed E-state index contributed by atoms with van der Waals surface area (Å²) < 4.78 is 0. The van der Waals surface area contributed by atoms with E-state index in [9.17, 15) is 4.79 Å². The summed E-state index contributed by atoms with van der Waals surface area (Å²) in [5.41, 5.74) is 8.96. The molecule has 0 spiro atoms. The maximum Gasteiger partial charge on any atom is 0.221 e. The first-order valence-corrected chi connectivity index (χ1v) is 5.76. The number of hydrogen-bond donors (Lipinski definition) is 2. The lowest BCUT2D eigenvalue weighted by atomic mass is 10.1. The van der Waals surface area contributed by atoms with E-state index < -0.39 is 0 Å². The van der Waals surface area contributed by atoms with E-state index in [0.717, 1.165) is 22.5 Å². The third-order valence-corrected chi connectivity index (χ3v) is 2.62. The van der Waals surface area contributed by atoms with Crippen LogP contribution in [0.25, 0.3) is 0 Å². The molecule has 0 fully saturated rings. The molecule has 3 N–H and O–H groups in total. The quantitative estimate of drug-likeness (QED) is 0.494. The number of nitrogens with zero attached hydrogens (tertiary/aromatic N) is 1. The van der Waals surface area contributed by atoms with Crippen LogP contribution >= 0.6 is 11.6 Å². The Kier molecular flexibility index (Phi) is 4.52. The molecule has 0 atom stereocenters. The van der Waals surface area contributed by atoms with Gasteiger partial charge in [0.2, 0.25) is 5.91 Å². The molecular formula is C12H16ClN3O. The highest BCUT2D eigenvalue weighted by atomic mass is 35.5. The number of carbonyl (C=O) groups excluding carboxylic acids is 1. The van der Waals surface area contributed by atoms with Gasteiger partial charge in [-0.15, -0.1) is 11.6 Å². The number of carbonyl (C=O) groups is 1. The monoisotopic (exact) mass is 253 g/mol. The van der Waals surface area contributed by atoms with Gasteiger partial charge in [0.15, 0.2) is 0 Å². The minimum Gasteiger partial charge on any atom is -0.386 e. The van der Waals surface area contributed by atoms with E-state index in [1.165, 1.54) is 6.92 Å². The molecule has 4 nitrogen and oxygen atoms in total. The molecule has 1 aromatic rings. The third-order valence-electron chi connectivity index (χ3n) is 2.35. The lowest BCUT2D eigenvalue weighted by Crippen LogP contribution is -2.13. The Hall–Kier alpha value is -1.55. The average molecular weight is 254 g/mol. The zero-order valence-corrected chi connectivity index (χ0v) is 10.9. The van der Waals surface area contributed by atoms with Crippen LogP contribution in [0.4, 0.5) is 11.4 Å². The molecule has 0 radical (unpaired) electrons. The lowest BCUT2D eigenvalue weighted by Gasteiger charge is -2.12. The minimum atomic E-state index is -0.109. The van der Waals surface area contributed by atoms with Gasteiger partial charge in [-0.3, -0.25) is 4.79 Å². The summed E-state index contributed by atoms with van der Waals surface area (Å²) in [6, 6.07) is 3.74. The number of aliphatic imine (C=N–C) groups is 1. The van der Waals surface area contributed by atoms with E-state index in [1.807, 2.05) is 26.0 Å². The van der Waals surface area contributed by atoms with Gasteiger partial charge in [-0.1, -0.05) is 6.07 Å². The maximum absolute atomic E-state index is 11.1. The number of nitrogens with one attached hydrogen (secondary N) is 1. The van der Waals surface area contributed by atoms with E-state index in [4.69, 9.17) is 17.3 Å². The number of hydrogen-bond acceptors (Lipinski definition) is 2. The summed E-state index contributed by atoms with van der Waals surface area (Å²) in [7, 11) is 0. The van der Waals surface area contributed by atoms with Crippen LogP contribution in [0, 0.1) is 13.8 Å². The fraction of sp³-hybridized carbons (Fsp3) is 0.333. The zero-order valence-electron chi connectivity index (χ0n) is 10.2. The van der Waals surface area contributed by atoms with Gasteiger partial charge in [0.25, 0.3) is 0 Å². The number of anilines is 1. The van der Waals surface area contributed by atoms with Crippen molar-refractivity contribution < 1.29 is 4.79 Å². The lowest BCUT2D eigenvalue weighted by molar-refractivity contribution is -0.114. The highest BCUT2D eigenvalue weighted by Crippen LogP contribution is 2.29. The van der Waals surface area contributed by atoms with Crippen LogP contribution in [0.1, 0.15) is 18.1 Å². The summed E-state index contributed by atoms with van der Waals surface area (Å²) in [4.78, 5) is 15.3. The van der Waals surface area contributed by atoms with Crippen molar-refractivity contribution in [3.8, 4) is 0 Å². The minimum absolute atomic E-state index is 0.109. The van der Waals surface area contributed by atoms with E-state index in [-0.39, 0.29) is 11.8 Å². The van der Waals surface area contributed by atoms with Crippen LogP contribution in [0.5, 0.6) is 0 Å². The van der Waals surface area contributed by atoms with E-state index in [2.05, 4.69) is 10.3 Å². The molecule has 0 saturated heterocycles. The van der Waals surface area contributed by atoms with Crippen LogP contribution in [-0.4, -0.2) is 17.6 Å². The number of halogens is 1. The molecule has 0 bridgehead atoms. The van der Waals surface area contributed by atoms with Crippen molar-refractivity contribution in [2.24, 2.45) is 10.7 Å². The highest BCUT2D eigenvalue weighted by molar-refractivity contribution is 6.28. The summed E-state index contributed by atoms with van der Waals surface area (Å²) >= 11 is 5.58. The predicted molar refractivity (Wildman–Crippen MR) is 72.2 cm³/mol. The molecule has 0 saturated carbocycles. The average Bonchev–Trinajstić information content (AvgIpc) is 2.27. The van der Waals surface area contributed by atoms with Crippen LogP contribution in [0.2, 0.25) is 0 Å². The number of alkyl halides is 1. The number of benzene rings is 1. The van der Waals surface area contributed by atoms with E-state index in [1.54, 1.807) is 0 Å². The third kappa shape index (κ3) is 3.46. The van der Waals surface area contributed by atoms with Gasteiger partial charge in [-0.25, -0.2) is 4.99 Å². The first kappa shape index (κ1) is 13.5. The summed E-state index contributed by atoms with van der Waals surface area (Å²) in [5, 5.41) is 2.79. The van der Waals surface area contributed by atoms with Gasteiger partial charge in [0.05, 0.1) is 11.6 Å². The van der Waals surface area contributed by atoms with Gasteiger partial charge in [0, 0.05) is 12.6 Å². The Morgan fingerprint density at radius 1 is 1.47 bits per heavy atom. The van der Waals surface area contributed by atoms with Gasteiger partial charge < -0.3 is 11.1 Å². The molecule has 0 aliphatic heterocycles. The van der Waals surface area contributed by atoms with Gasteiger partial charge in [-0.2, -0.15) is 0 Å². The smallest absolute Gasteiger partial charge is 0.221 e. The standard InChI is InChI=1S/C12H16ClN3O/c1-7-4-5-10(16-11(14)6-13)8(2)12(7)15-9(3)17/h4-5H,6H2,1-3H3,(H2,14,16)(H,15,17). The molecule has 0 unspecified atom stereocenters. The molecule has 0 heterocycles. The molecular weight excluding hydrogens is 238 g/mol. The molecule has 0 aliphatic carbocycles. The van der Waals surface area contributed by atoms with Crippen LogP contribution in [0.15, 0.2) is 17.1 Å². The number of nitrogens with two attached hydrogens (primary N) is 1. The van der Waals surface area contributed by atoms with Crippen molar-refractivity contribution in [2.45, 2.75) is 20.8 Å². The summed E-state index contributed by atoms with van der Waals surface area (Å²) in [6.07, 6.45) is 0. The van der Waals surface area contributed by atoms with Crippen LogP contribution < -0.4 is 11.1 Å². The molecule has 1 aromatic carbocycles. The summed E-state index contributed by atoms with van der Waals surface area (Å²) in [5.74, 6) is 0.429. The molecule has 0 aromatic heterocycles. The van der Waals surface area contributed by atoms with Crippen LogP contribution in [0.3, 0.4) is 0 Å². The zero-order chi connectivity index (χ0) is 13.0. The van der Waals surface area contributed by atoms with Crippen molar-refractivity contribution in [3.05, 3.63) is 23.3 Å². The number of rotatable bonds is 3. The Labute approximate surface area is 106 Å². The number of aryl methyl sites for hydroxylation is 1. The Morgan fingerprint density at radius 2 is 2.12 bits per heavy atom. The fourth-order valence-corrected chi connectivity index (χ4v) is 1.57. The van der Waals surface area contributed by atoms with Gasteiger partial charge in [-0.05, 0) is 31.0 Å². The first-order valence-electron chi connectivity index (χ1n) is 5.22. The highest BCUT2D eigenvalue weighted by Gasteiger charge is 2.08. The SMILES string of the molecule is CC(=O)Nc1c(C)ccc(N=C(N)CCl)c1C. The normalized spacial score (nSPS) is 11.4. The fourth-order valence-electron chi connectivity index (χ4n) is 1.51. The number of amidine groups is 1. The Morgan fingerprint density at radius 3 is 2.65 bits per heavy atom. The van der Waals surface area contributed by atoms with Crippen LogP contribution in [-0.2, 0) is 4.79 Å². The molecule has 1 rings (SSSR count). The second kappa shape index (κ2) is 5.68. The molecule has 1 amide bonds. The van der Waals surface area contributed by atoms with Crippen molar-refractivity contribution in [1.82, 2.24) is 0 Å². The van der Waals surface area contributed by atoms with Crippen molar-refractivity contribution >= 4 is 34.7 Å². The number of amides is 1. The Bertz CT molecular complexity index is 469. The van der Waals surface area contributed by atoms with E-state index in [0.29, 0.717) is 5.84 Å². The van der Waals surface area contributed by atoms with Crippen molar-refractivity contribution in [2.75, 3.05) is 11.2 Å². The topological polar surface area (TPSA) is 67.5 Å². The first-order chi connectivity index (χ1) is 7.95. The van der Waals surface area contributed by atoms with Crippen molar-refractivity contribution in [1.29, 1.82) is 0 Å².